The van der Waals surface area contributed by atoms with E-state index >= 15 is 0 Å². The highest BCUT2D eigenvalue weighted by Crippen LogP contribution is 2.17. The molecule has 1 aliphatic heterocycles. The third-order valence-electron chi connectivity index (χ3n) is 6.09. The maximum absolute atomic E-state index is 12.7. The minimum absolute atomic E-state index is 0.0245. The monoisotopic (exact) mass is 431 g/mol. The molecule has 0 aliphatic carbocycles. The summed E-state index contributed by atoms with van der Waals surface area (Å²) in [5, 5.41) is 42.4. The molecule has 0 aromatic carbocycles. The van der Waals surface area contributed by atoms with Crippen LogP contribution in [0.25, 0.3) is 0 Å². The second-order valence-electron chi connectivity index (χ2n) is 8.63. The topological polar surface area (TPSA) is 117 Å². The number of hydrogen-bond donors (Lipinski definition) is 5. The normalized spacial score (nSPS) is 18.6. The molecule has 0 aromatic heterocycles. The third kappa shape index (κ3) is 10.5. The Morgan fingerprint density at radius 1 is 1.10 bits per heavy atom. The first kappa shape index (κ1) is 27.3. The fourth-order valence-electron chi connectivity index (χ4n) is 4.08. The largest absolute Gasteiger partial charge is 0.396 e. The van der Waals surface area contributed by atoms with Gasteiger partial charge in [0.05, 0.1) is 12.2 Å². The predicted molar refractivity (Wildman–Crippen MR) is 118 cm³/mol. The van der Waals surface area contributed by atoms with E-state index in [1.54, 1.807) is 0 Å². The Hall–Kier alpha value is -0.770. The molecule has 0 saturated carbocycles. The molecule has 1 saturated heterocycles. The maximum atomic E-state index is 12.7. The number of carbonyl (C=O) groups excluding carboxylic acids is 1. The molecule has 8 nitrogen and oxygen atoms in total. The molecule has 0 radical (unpaired) electrons. The van der Waals surface area contributed by atoms with E-state index in [0.717, 1.165) is 64.7 Å². The lowest BCUT2D eigenvalue weighted by Crippen LogP contribution is -2.46. The van der Waals surface area contributed by atoms with Gasteiger partial charge in [0.25, 0.3) is 0 Å². The van der Waals surface area contributed by atoms with E-state index < -0.39 is 18.3 Å². The number of unbranched alkanes of at least 4 members (excludes halogenated alkanes) is 3. The van der Waals surface area contributed by atoms with Crippen molar-refractivity contribution >= 4 is 5.91 Å². The van der Waals surface area contributed by atoms with Crippen LogP contribution in [-0.4, -0.2) is 107 Å². The van der Waals surface area contributed by atoms with E-state index in [2.05, 4.69) is 12.2 Å². The molecular weight excluding hydrogens is 386 g/mol. The average Bonchev–Trinajstić information content (AvgIpc) is 2.74. The van der Waals surface area contributed by atoms with Gasteiger partial charge in [-0.15, -0.1) is 0 Å². The van der Waals surface area contributed by atoms with E-state index in [-0.39, 0.29) is 25.5 Å². The van der Waals surface area contributed by atoms with E-state index in [1.807, 2.05) is 16.8 Å². The van der Waals surface area contributed by atoms with Crippen molar-refractivity contribution in [3.8, 4) is 0 Å². The summed E-state index contributed by atoms with van der Waals surface area (Å²) < 4.78 is 0. The Balaban J connectivity index is 2.51. The van der Waals surface area contributed by atoms with Crippen LogP contribution in [0.4, 0.5) is 0 Å². The van der Waals surface area contributed by atoms with Crippen LogP contribution in [0.3, 0.4) is 0 Å². The number of nitrogens with one attached hydrogen (secondary N) is 1. The zero-order valence-electron chi connectivity index (χ0n) is 19.0. The molecule has 178 valence electrons. The Morgan fingerprint density at radius 3 is 2.40 bits per heavy atom. The number of piperidine rings is 1. The van der Waals surface area contributed by atoms with Crippen molar-refractivity contribution in [3.63, 3.8) is 0 Å². The van der Waals surface area contributed by atoms with Crippen molar-refractivity contribution in [1.29, 1.82) is 0 Å². The van der Waals surface area contributed by atoms with E-state index in [1.165, 1.54) is 0 Å². The first-order valence-electron chi connectivity index (χ1n) is 11.7. The van der Waals surface area contributed by atoms with Gasteiger partial charge < -0.3 is 35.5 Å². The van der Waals surface area contributed by atoms with E-state index in [4.69, 9.17) is 5.11 Å². The number of rotatable bonds is 16. The SMILES string of the molecule is CCCCCCN(CCC(=O)N1CCC(CNC)CC1)C[C@H](O)[C@@H](O)[C@H](O)CCO. The summed E-state index contributed by atoms with van der Waals surface area (Å²) in [6, 6.07) is 0. The average molecular weight is 432 g/mol. The summed E-state index contributed by atoms with van der Waals surface area (Å²) in [4.78, 5) is 16.6. The Kier molecular flexibility index (Phi) is 14.5. The smallest absolute Gasteiger partial charge is 0.223 e. The van der Waals surface area contributed by atoms with Crippen LogP contribution in [0, 0.1) is 5.92 Å². The molecule has 1 heterocycles. The molecule has 0 spiro atoms. The van der Waals surface area contributed by atoms with Gasteiger partial charge in [0, 0.05) is 39.2 Å². The zero-order valence-corrected chi connectivity index (χ0v) is 19.0. The molecule has 0 bridgehead atoms. The van der Waals surface area contributed by atoms with Crippen LogP contribution in [0.1, 0.15) is 58.3 Å². The minimum Gasteiger partial charge on any atom is -0.396 e. The fourth-order valence-corrected chi connectivity index (χ4v) is 4.08. The Morgan fingerprint density at radius 2 is 1.80 bits per heavy atom. The summed E-state index contributed by atoms with van der Waals surface area (Å²) in [5.74, 6) is 0.780. The first-order valence-corrected chi connectivity index (χ1v) is 11.7. The second kappa shape index (κ2) is 15.9. The molecule has 0 unspecified atom stereocenters. The number of nitrogens with zero attached hydrogens (tertiary/aromatic N) is 2. The molecule has 1 aliphatic rings. The van der Waals surface area contributed by atoms with Crippen LogP contribution in [0.2, 0.25) is 0 Å². The lowest BCUT2D eigenvalue weighted by atomic mass is 9.96. The quantitative estimate of drug-likeness (QED) is 0.221. The number of amides is 1. The maximum Gasteiger partial charge on any atom is 0.223 e. The second-order valence-corrected chi connectivity index (χ2v) is 8.63. The third-order valence-corrected chi connectivity index (χ3v) is 6.09. The number of carbonyl (C=O) groups is 1. The molecule has 1 rings (SSSR count). The predicted octanol–water partition coefficient (Wildman–Crippen LogP) is 0.182. The number of likely N-dealkylation sites (tertiary alicyclic amines) is 1. The van der Waals surface area contributed by atoms with E-state index in [9.17, 15) is 20.1 Å². The van der Waals surface area contributed by atoms with Gasteiger partial charge in [-0.25, -0.2) is 0 Å². The van der Waals surface area contributed by atoms with Crippen molar-refractivity contribution in [2.45, 2.75) is 76.6 Å². The Bertz CT molecular complexity index is 446. The molecule has 1 fully saturated rings. The van der Waals surface area contributed by atoms with Crippen molar-refractivity contribution in [2.75, 3.05) is 52.9 Å². The summed E-state index contributed by atoms with van der Waals surface area (Å²) in [6.07, 6.45) is 3.23. The zero-order chi connectivity index (χ0) is 22.4. The Labute approximate surface area is 182 Å². The van der Waals surface area contributed by atoms with Crippen LogP contribution in [0.15, 0.2) is 0 Å². The van der Waals surface area contributed by atoms with Crippen molar-refractivity contribution in [1.82, 2.24) is 15.1 Å². The van der Waals surface area contributed by atoms with Crippen LogP contribution >= 0.6 is 0 Å². The molecular formula is C22H45N3O5. The van der Waals surface area contributed by atoms with Gasteiger partial charge in [-0.2, -0.15) is 0 Å². The molecule has 30 heavy (non-hydrogen) atoms. The van der Waals surface area contributed by atoms with Gasteiger partial charge in [0.2, 0.25) is 5.91 Å². The van der Waals surface area contributed by atoms with E-state index in [0.29, 0.717) is 18.9 Å². The highest BCUT2D eigenvalue weighted by molar-refractivity contribution is 5.76. The standard InChI is InChI=1S/C22H45N3O5/c1-3-4-5-6-11-24(17-20(28)22(30)19(27)10-15-26)12-9-21(29)25-13-7-18(8-14-25)16-23-2/h18-20,22-23,26-28,30H,3-17H2,1-2H3/t19-,20+,22+/m1/s1. The molecule has 1 amide bonds. The summed E-state index contributed by atoms with van der Waals surface area (Å²) in [6.45, 7) is 5.98. The first-order chi connectivity index (χ1) is 14.4. The van der Waals surface area contributed by atoms with Crippen molar-refractivity contribution in [3.05, 3.63) is 0 Å². The molecule has 8 heteroatoms. The van der Waals surface area contributed by atoms with Crippen molar-refractivity contribution in [2.24, 2.45) is 5.92 Å². The number of aliphatic hydroxyl groups excluding tert-OH is 4. The van der Waals surface area contributed by atoms with Crippen molar-refractivity contribution < 1.29 is 25.2 Å². The number of hydrogen-bond acceptors (Lipinski definition) is 7. The molecule has 0 aromatic rings. The summed E-state index contributed by atoms with van der Waals surface area (Å²) in [7, 11) is 1.96. The summed E-state index contributed by atoms with van der Waals surface area (Å²) in [5.41, 5.74) is 0. The highest BCUT2D eigenvalue weighted by Gasteiger charge is 2.27. The highest BCUT2D eigenvalue weighted by atomic mass is 16.4. The molecule has 3 atom stereocenters. The van der Waals surface area contributed by atoms with Crippen LogP contribution in [-0.2, 0) is 4.79 Å². The van der Waals surface area contributed by atoms with Crippen LogP contribution in [0.5, 0.6) is 0 Å². The lowest BCUT2D eigenvalue weighted by molar-refractivity contribution is -0.133. The summed E-state index contributed by atoms with van der Waals surface area (Å²) >= 11 is 0. The minimum atomic E-state index is -1.31. The van der Waals surface area contributed by atoms with Gasteiger partial charge in [-0.1, -0.05) is 26.2 Å². The fraction of sp³-hybridized carbons (Fsp3) is 0.955. The van der Waals surface area contributed by atoms with Gasteiger partial charge in [0.1, 0.15) is 6.10 Å². The van der Waals surface area contributed by atoms with Gasteiger partial charge in [0.15, 0.2) is 0 Å². The lowest BCUT2D eigenvalue weighted by Gasteiger charge is -2.33. The molecule has 5 N–H and O–H groups in total. The van der Waals surface area contributed by atoms with Gasteiger partial charge in [-0.3, -0.25) is 4.79 Å². The van der Waals surface area contributed by atoms with Gasteiger partial charge >= 0.3 is 0 Å². The van der Waals surface area contributed by atoms with Gasteiger partial charge in [-0.05, 0) is 51.7 Å². The number of aliphatic hydroxyl groups is 4. The van der Waals surface area contributed by atoms with Crippen LogP contribution < -0.4 is 5.32 Å².